The van der Waals surface area contributed by atoms with Gasteiger partial charge in [0.1, 0.15) is 0 Å². The predicted molar refractivity (Wildman–Crippen MR) is 71.9 cm³/mol. The van der Waals surface area contributed by atoms with Crippen LogP contribution in [0.1, 0.15) is 52.4 Å². The lowest BCUT2D eigenvalue weighted by molar-refractivity contribution is -0.133. The van der Waals surface area contributed by atoms with E-state index in [9.17, 15) is 4.79 Å². The SMILES string of the molecule is CCCC1(C(=O)NC(CC)CC#N)CCCNC1. The van der Waals surface area contributed by atoms with Gasteiger partial charge < -0.3 is 10.6 Å². The van der Waals surface area contributed by atoms with Crippen LogP contribution in [0.5, 0.6) is 0 Å². The topological polar surface area (TPSA) is 64.9 Å². The Kier molecular flexibility index (Phi) is 6.14. The van der Waals surface area contributed by atoms with Crippen molar-refractivity contribution in [1.29, 1.82) is 5.26 Å². The number of piperidine rings is 1. The lowest BCUT2D eigenvalue weighted by atomic mass is 9.76. The summed E-state index contributed by atoms with van der Waals surface area (Å²) in [6.45, 7) is 5.91. The maximum atomic E-state index is 12.5. The molecule has 2 N–H and O–H groups in total. The van der Waals surface area contributed by atoms with Gasteiger partial charge in [-0.2, -0.15) is 5.26 Å². The van der Waals surface area contributed by atoms with E-state index in [1.807, 2.05) is 6.92 Å². The highest BCUT2D eigenvalue weighted by molar-refractivity contribution is 5.83. The summed E-state index contributed by atoms with van der Waals surface area (Å²) in [6, 6.07) is 2.14. The zero-order valence-corrected chi connectivity index (χ0v) is 11.6. The van der Waals surface area contributed by atoms with E-state index in [4.69, 9.17) is 5.26 Å². The number of hydrogen-bond donors (Lipinski definition) is 2. The Morgan fingerprint density at radius 2 is 2.33 bits per heavy atom. The quantitative estimate of drug-likeness (QED) is 0.758. The van der Waals surface area contributed by atoms with Gasteiger partial charge in [-0.1, -0.05) is 20.3 Å². The van der Waals surface area contributed by atoms with Crippen LogP contribution in [0.25, 0.3) is 0 Å². The summed E-state index contributed by atoms with van der Waals surface area (Å²) in [5, 5.41) is 15.1. The van der Waals surface area contributed by atoms with Gasteiger partial charge in [-0.3, -0.25) is 4.79 Å². The molecule has 0 aromatic heterocycles. The van der Waals surface area contributed by atoms with Crippen LogP contribution in [0.4, 0.5) is 0 Å². The highest BCUT2D eigenvalue weighted by Gasteiger charge is 2.39. The van der Waals surface area contributed by atoms with Crippen molar-refractivity contribution in [2.75, 3.05) is 13.1 Å². The van der Waals surface area contributed by atoms with Crippen LogP contribution in [-0.4, -0.2) is 25.0 Å². The molecule has 1 aliphatic heterocycles. The fraction of sp³-hybridized carbons (Fsp3) is 0.857. The minimum Gasteiger partial charge on any atom is -0.352 e. The second-order valence-electron chi connectivity index (χ2n) is 5.25. The summed E-state index contributed by atoms with van der Waals surface area (Å²) in [6.07, 6.45) is 5.18. The van der Waals surface area contributed by atoms with Gasteiger partial charge in [-0.05, 0) is 32.2 Å². The molecule has 0 spiro atoms. The summed E-state index contributed by atoms with van der Waals surface area (Å²) in [7, 11) is 0. The number of carbonyl (C=O) groups excluding carboxylic acids is 1. The van der Waals surface area contributed by atoms with Crippen LogP contribution >= 0.6 is 0 Å². The van der Waals surface area contributed by atoms with E-state index in [1.165, 1.54) is 0 Å². The molecule has 18 heavy (non-hydrogen) atoms. The average Bonchev–Trinajstić information content (AvgIpc) is 2.39. The first kappa shape index (κ1) is 15.0. The van der Waals surface area contributed by atoms with Gasteiger partial charge in [-0.15, -0.1) is 0 Å². The van der Waals surface area contributed by atoms with Crippen LogP contribution in [0.15, 0.2) is 0 Å². The minimum absolute atomic E-state index is 0.00171. The zero-order chi connectivity index (χ0) is 13.4. The number of carbonyl (C=O) groups is 1. The summed E-state index contributed by atoms with van der Waals surface area (Å²) >= 11 is 0. The molecule has 1 rings (SSSR count). The molecule has 1 saturated heterocycles. The molecule has 0 radical (unpaired) electrons. The Morgan fingerprint density at radius 3 is 2.83 bits per heavy atom. The molecule has 1 aliphatic rings. The third kappa shape index (κ3) is 3.71. The number of hydrogen-bond acceptors (Lipinski definition) is 3. The standard InChI is InChI=1S/C14H25N3O/c1-3-7-14(8-5-10-16-11-14)13(18)17-12(4-2)6-9-15/h12,16H,3-8,10-11H2,1-2H3,(H,17,18). The molecular weight excluding hydrogens is 226 g/mol. The van der Waals surface area contributed by atoms with Gasteiger partial charge in [0.05, 0.1) is 17.9 Å². The van der Waals surface area contributed by atoms with Crippen molar-refractivity contribution in [2.45, 2.75) is 58.4 Å². The van der Waals surface area contributed by atoms with E-state index in [0.29, 0.717) is 6.42 Å². The number of nitrogens with zero attached hydrogens (tertiary/aromatic N) is 1. The van der Waals surface area contributed by atoms with Crippen LogP contribution in [0.3, 0.4) is 0 Å². The second kappa shape index (κ2) is 7.38. The first-order valence-electron chi connectivity index (χ1n) is 7.07. The fourth-order valence-corrected chi connectivity index (χ4v) is 2.71. The predicted octanol–water partition coefficient (Wildman–Crippen LogP) is 1.96. The maximum absolute atomic E-state index is 12.5. The lowest BCUT2D eigenvalue weighted by Crippen LogP contribution is -2.52. The summed E-state index contributed by atoms with van der Waals surface area (Å²) in [4.78, 5) is 12.5. The molecule has 1 heterocycles. The van der Waals surface area contributed by atoms with Crippen LogP contribution in [0, 0.1) is 16.7 Å². The smallest absolute Gasteiger partial charge is 0.227 e. The molecule has 4 heteroatoms. The average molecular weight is 251 g/mol. The van der Waals surface area contributed by atoms with Gasteiger partial charge in [0.15, 0.2) is 0 Å². The molecule has 4 nitrogen and oxygen atoms in total. The molecule has 0 aliphatic carbocycles. The maximum Gasteiger partial charge on any atom is 0.227 e. The summed E-state index contributed by atoms with van der Waals surface area (Å²) < 4.78 is 0. The van der Waals surface area contributed by atoms with E-state index in [1.54, 1.807) is 0 Å². The minimum atomic E-state index is -0.254. The van der Waals surface area contributed by atoms with Crippen LogP contribution < -0.4 is 10.6 Å². The highest BCUT2D eigenvalue weighted by atomic mass is 16.2. The van der Waals surface area contributed by atoms with Crippen molar-refractivity contribution in [3.05, 3.63) is 0 Å². The second-order valence-corrected chi connectivity index (χ2v) is 5.25. The third-order valence-corrected chi connectivity index (χ3v) is 3.85. The molecule has 0 aromatic carbocycles. The number of rotatable bonds is 6. The monoisotopic (exact) mass is 251 g/mol. The summed E-state index contributed by atoms with van der Waals surface area (Å²) in [5.41, 5.74) is -0.254. The highest BCUT2D eigenvalue weighted by Crippen LogP contribution is 2.32. The first-order valence-corrected chi connectivity index (χ1v) is 7.07. The lowest BCUT2D eigenvalue weighted by Gasteiger charge is -2.37. The van der Waals surface area contributed by atoms with Gasteiger partial charge >= 0.3 is 0 Å². The first-order chi connectivity index (χ1) is 8.68. The van der Waals surface area contributed by atoms with E-state index < -0.39 is 0 Å². The van der Waals surface area contributed by atoms with Crippen molar-refractivity contribution >= 4 is 5.91 Å². The van der Waals surface area contributed by atoms with Crippen molar-refractivity contribution < 1.29 is 4.79 Å². The number of nitrogens with one attached hydrogen (secondary N) is 2. The molecule has 1 amide bonds. The van der Waals surface area contributed by atoms with Gasteiger partial charge in [0.25, 0.3) is 0 Å². The van der Waals surface area contributed by atoms with E-state index >= 15 is 0 Å². The van der Waals surface area contributed by atoms with Crippen LogP contribution in [0.2, 0.25) is 0 Å². The van der Waals surface area contributed by atoms with E-state index in [0.717, 1.165) is 45.2 Å². The molecule has 0 bridgehead atoms. The summed E-state index contributed by atoms with van der Waals surface area (Å²) in [5.74, 6) is 0.138. The van der Waals surface area contributed by atoms with Gasteiger partial charge in [0, 0.05) is 12.6 Å². The largest absolute Gasteiger partial charge is 0.352 e. The molecule has 0 saturated carbocycles. The molecule has 102 valence electrons. The van der Waals surface area contributed by atoms with Gasteiger partial charge in [0.2, 0.25) is 5.91 Å². The van der Waals surface area contributed by atoms with E-state index in [-0.39, 0.29) is 17.4 Å². The van der Waals surface area contributed by atoms with Crippen molar-refractivity contribution in [2.24, 2.45) is 5.41 Å². The number of amides is 1. The Hall–Kier alpha value is -1.08. The Bertz CT molecular complexity index is 297. The van der Waals surface area contributed by atoms with Crippen LogP contribution in [-0.2, 0) is 4.79 Å². The molecule has 2 unspecified atom stereocenters. The van der Waals surface area contributed by atoms with Crippen molar-refractivity contribution in [3.8, 4) is 6.07 Å². The van der Waals surface area contributed by atoms with Crippen molar-refractivity contribution in [1.82, 2.24) is 10.6 Å². The van der Waals surface area contributed by atoms with Crippen molar-refractivity contribution in [3.63, 3.8) is 0 Å². The molecule has 0 aromatic rings. The fourth-order valence-electron chi connectivity index (χ4n) is 2.71. The zero-order valence-electron chi connectivity index (χ0n) is 11.6. The Labute approximate surface area is 110 Å². The molecule has 2 atom stereocenters. The van der Waals surface area contributed by atoms with E-state index in [2.05, 4.69) is 23.6 Å². The molecular formula is C14H25N3O. The number of nitriles is 1. The third-order valence-electron chi connectivity index (χ3n) is 3.85. The normalized spacial score (nSPS) is 25.2. The Morgan fingerprint density at radius 1 is 1.56 bits per heavy atom. The van der Waals surface area contributed by atoms with Gasteiger partial charge in [-0.25, -0.2) is 0 Å². The Balaban J connectivity index is 2.67. The molecule has 1 fully saturated rings.